The Hall–Kier alpha value is -3.52. The molecule has 198 valence electrons. The quantitative estimate of drug-likeness (QED) is 0.362. The van der Waals surface area contributed by atoms with Crippen molar-refractivity contribution in [3.8, 4) is 11.5 Å². The molecular weight excluding hydrogens is 488 g/mol. The lowest BCUT2D eigenvalue weighted by molar-refractivity contribution is -0.119. The van der Waals surface area contributed by atoms with E-state index in [9.17, 15) is 13.2 Å². The molecule has 0 atom stereocenters. The maximum Gasteiger partial charge on any atom is 0.264 e. The third kappa shape index (κ3) is 7.26. The van der Waals surface area contributed by atoms with Gasteiger partial charge in [0.25, 0.3) is 10.0 Å². The maximum absolute atomic E-state index is 13.6. The molecule has 0 fully saturated rings. The Morgan fingerprint density at radius 1 is 0.919 bits per heavy atom. The Balaban J connectivity index is 1.82. The molecule has 0 heterocycles. The third-order valence-electron chi connectivity index (χ3n) is 5.82. The van der Waals surface area contributed by atoms with E-state index in [0.717, 1.165) is 21.0 Å². The van der Waals surface area contributed by atoms with Crippen molar-refractivity contribution < 1.29 is 22.7 Å². The van der Waals surface area contributed by atoms with Crippen molar-refractivity contribution in [2.45, 2.75) is 58.1 Å². The molecule has 7 nitrogen and oxygen atoms in total. The van der Waals surface area contributed by atoms with E-state index in [-0.39, 0.29) is 24.1 Å². The third-order valence-corrected chi connectivity index (χ3v) is 7.61. The summed E-state index contributed by atoms with van der Waals surface area (Å²) in [7, 11) is -2.42. The summed E-state index contributed by atoms with van der Waals surface area (Å²) >= 11 is 0. The average Bonchev–Trinajstić information content (AvgIpc) is 2.86. The van der Waals surface area contributed by atoms with Gasteiger partial charge in [0.1, 0.15) is 6.54 Å². The number of rotatable bonds is 11. The van der Waals surface area contributed by atoms with E-state index in [1.807, 2.05) is 39.0 Å². The van der Waals surface area contributed by atoms with Gasteiger partial charge in [-0.05, 0) is 74.2 Å². The first kappa shape index (κ1) is 28.1. The molecule has 3 rings (SSSR count). The van der Waals surface area contributed by atoms with Crippen LogP contribution in [0.1, 0.15) is 50.3 Å². The van der Waals surface area contributed by atoms with Gasteiger partial charge in [0.05, 0.1) is 23.8 Å². The normalized spacial score (nSPS) is 11.5. The Morgan fingerprint density at radius 2 is 1.57 bits per heavy atom. The molecule has 3 aromatic rings. The summed E-state index contributed by atoms with van der Waals surface area (Å²) in [5, 5.41) is 2.83. The summed E-state index contributed by atoms with van der Waals surface area (Å²) < 4.78 is 39.5. The number of methoxy groups -OCH3 is 1. The van der Waals surface area contributed by atoms with E-state index in [1.165, 1.54) is 0 Å². The average molecular weight is 525 g/mol. The zero-order valence-corrected chi connectivity index (χ0v) is 23.1. The van der Waals surface area contributed by atoms with Crippen molar-refractivity contribution in [3.05, 3.63) is 83.4 Å². The van der Waals surface area contributed by atoms with Crippen LogP contribution in [-0.4, -0.2) is 34.1 Å². The van der Waals surface area contributed by atoms with Crippen LogP contribution in [-0.2, 0) is 21.4 Å². The van der Waals surface area contributed by atoms with Crippen LogP contribution in [0.5, 0.6) is 11.5 Å². The van der Waals surface area contributed by atoms with Crippen LogP contribution in [0.15, 0.2) is 71.6 Å². The van der Waals surface area contributed by atoms with Crippen molar-refractivity contribution in [2.24, 2.45) is 0 Å². The number of nitrogens with one attached hydrogen (secondary N) is 1. The highest BCUT2D eigenvalue weighted by atomic mass is 32.2. The maximum atomic E-state index is 13.6. The molecule has 0 saturated carbocycles. The second-order valence-corrected chi connectivity index (χ2v) is 11.4. The van der Waals surface area contributed by atoms with Crippen LogP contribution < -0.4 is 19.1 Å². The molecule has 0 spiro atoms. The van der Waals surface area contributed by atoms with Gasteiger partial charge in [0.2, 0.25) is 5.91 Å². The number of carbonyl (C=O) groups excluding carboxylic acids is 1. The summed E-state index contributed by atoms with van der Waals surface area (Å²) in [6.45, 7) is 9.74. The van der Waals surface area contributed by atoms with Crippen molar-refractivity contribution in [1.82, 2.24) is 5.32 Å². The molecule has 0 bridgehead atoms. The second-order valence-electron chi connectivity index (χ2n) is 9.50. The van der Waals surface area contributed by atoms with Gasteiger partial charge < -0.3 is 14.8 Å². The lowest BCUT2D eigenvalue weighted by Crippen LogP contribution is -2.40. The van der Waals surface area contributed by atoms with Gasteiger partial charge in [-0.3, -0.25) is 9.10 Å². The predicted molar refractivity (Wildman–Crippen MR) is 147 cm³/mol. The van der Waals surface area contributed by atoms with Crippen molar-refractivity contribution in [3.63, 3.8) is 0 Å². The number of anilines is 1. The SMILES string of the molecule is COc1cc(CNC(=O)CN(c2ccc(C(C)C)cc2)S(=O)(=O)c2ccc(C)cc2)ccc1OC(C)C. The minimum atomic E-state index is -3.97. The second kappa shape index (κ2) is 12.1. The van der Waals surface area contributed by atoms with Crippen LogP contribution in [0.25, 0.3) is 0 Å². The summed E-state index contributed by atoms with van der Waals surface area (Å²) in [4.78, 5) is 13.1. The number of aryl methyl sites for hydroxylation is 1. The van der Waals surface area contributed by atoms with Crippen LogP contribution in [0.2, 0.25) is 0 Å². The molecule has 0 radical (unpaired) electrons. The Morgan fingerprint density at radius 3 is 2.14 bits per heavy atom. The summed E-state index contributed by atoms with van der Waals surface area (Å²) in [6.07, 6.45) is -0.00415. The number of hydrogen-bond acceptors (Lipinski definition) is 5. The molecule has 3 aromatic carbocycles. The first-order valence-corrected chi connectivity index (χ1v) is 13.7. The van der Waals surface area contributed by atoms with E-state index in [1.54, 1.807) is 55.6 Å². The number of sulfonamides is 1. The number of hydrogen-bond donors (Lipinski definition) is 1. The number of ether oxygens (including phenoxy) is 2. The topological polar surface area (TPSA) is 84.9 Å². The summed E-state index contributed by atoms with van der Waals surface area (Å²) in [6, 6.07) is 19.3. The fourth-order valence-electron chi connectivity index (χ4n) is 3.74. The van der Waals surface area contributed by atoms with E-state index >= 15 is 0 Å². The Kier molecular flexibility index (Phi) is 9.21. The number of benzene rings is 3. The van der Waals surface area contributed by atoms with Gasteiger partial charge >= 0.3 is 0 Å². The Bertz CT molecular complexity index is 1300. The molecule has 0 aromatic heterocycles. The molecule has 1 amide bonds. The highest BCUT2D eigenvalue weighted by Gasteiger charge is 2.27. The minimum absolute atomic E-state index is 0.00415. The van der Waals surface area contributed by atoms with E-state index in [2.05, 4.69) is 19.2 Å². The smallest absolute Gasteiger partial charge is 0.264 e. The molecule has 0 aliphatic carbocycles. The highest BCUT2D eigenvalue weighted by Crippen LogP contribution is 2.29. The van der Waals surface area contributed by atoms with Crippen LogP contribution in [0.4, 0.5) is 5.69 Å². The standard InChI is InChI=1S/C29H36N2O5S/c1-20(2)24-10-12-25(13-11-24)31(37(33,34)26-14-7-22(5)8-15-26)19-29(32)30-18-23-9-16-27(36-21(3)4)28(17-23)35-6/h7-17,20-21H,18-19H2,1-6H3,(H,30,32). The van der Waals surface area contributed by atoms with E-state index in [4.69, 9.17) is 9.47 Å². The van der Waals surface area contributed by atoms with Crippen molar-refractivity contribution >= 4 is 21.6 Å². The summed E-state index contributed by atoms with van der Waals surface area (Å²) in [5.74, 6) is 1.06. The lowest BCUT2D eigenvalue weighted by Gasteiger charge is -2.24. The zero-order chi connectivity index (χ0) is 27.2. The first-order valence-electron chi connectivity index (χ1n) is 12.3. The molecule has 37 heavy (non-hydrogen) atoms. The molecule has 8 heteroatoms. The molecule has 1 N–H and O–H groups in total. The van der Waals surface area contributed by atoms with Gasteiger partial charge in [-0.15, -0.1) is 0 Å². The minimum Gasteiger partial charge on any atom is -0.493 e. The van der Waals surface area contributed by atoms with E-state index in [0.29, 0.717) is 23.1 Å². The van der Waals surface area contributed by atoms with Crippen LogP contribution in [0, 0.1) is 6.92 Å². The number of carbonyl (C=O) groups is 1. The largest absolute Gasteiger partial charge is 0.493 e. The van der Waals surface area contributed by atoms with E-state index < -0.39 is 15.9 Å². The predicted octanol–water partition coefficient (Wildman–Crippen LogP) is 5.43. The number of amides is 1. The van der Waals surface area contributed by atoms with Crippen LogP contribution >= 0.6 is 0 Å². The van der Waals surface area contributed by atoms with Gasteiger partial charge in [0, 0.05) is 6.54 Å². The molecule has 0 aliphatic rings. The Labute approximate surface area is 220 Å². The van der Waals surface area contributed by atoms with Gasteiger partial charge in [-0.1, -0.05) is 49.7 Å². The summed E-state index contributed by atoms with van der Waals surface area (Å²) in [5.41, 5.74) is 3.26. The van der Waals surface area contributed by atoms with Gasteiger partial charge in [-0.2, -0.15) is 0 Å². The lowest BCUT2D eigenvalue weighted by atomic mass is 10.0. The first-order chi connectivity index (χ1) is 17.5. The fourth-order valence-corrected chi connectivity index (χ4v) is 5.16. The van der Waals surface area contributed by atoms with Gasteiger partial charge in [0.15, 0.2) is 11.5 Å². The molecule has 0 unspecified atom stereocenters. The number of nitrogens with zero attached hydrogens (tertiary/aromatic N) is 1. The molecule has 0 saturated heterocycles. The van der Waals surface area contributed by atoms with Crippen LogP contribution in [0.3, 0.4) is 0 Å². The molecule has 0 aliphatic heterocycles. The monoisotopic (exact) mass is 524 g/mol. The fraction of sp³-hybridized carbons (Fsp3) is 0.345. The molecular formula is C29H36N2O5S. The zero-order valence-electron chi connectivity index (χ0n) is 22.3. The highest BCUT2D eigenvalue weighted by molar-refractivity contribution is 7.92. The van der Waals surface area contributed by atoms with Crippen molar-refractivity contribution in [2.75, 3.05) is 18.0 Å². The van der Waals surface area contributed by atoms with Crippen molar-refractivity contribution in [1.29, 1.82) is 0 Å². The van der Waals surface area contributed by atoms with Gasteiger partial charge in [-0.25, -0.2) is 8.42 Å².